The van der Waals surface area contributed by atoms with Gasteiger partial charge in [-0.1, -0.05) is 23.2 Å². The molecule has 0 spiro atoms. The van der Waals surface area contributed by atoms with Crippen molar-refractivity contribution in [3.63, 3.8) is 0 Å². The molecule has 0 heterocycles. The zero-order valence-corrected chi connectivity index (χ0v) is 10.7. The summed E-state index contributed by atoms with van der Waals surface area (Å²) in [5.74, 6) is -2.18. The second-order valence-electron chi connectivity index (χ2n) is 3.34. The minimum Gasteiger partial charge on any atom is -0.365 e. The fraction of sp³-hybridized carbons (Fsp3) is 0. The van der Waals surface area contributed by atoms with Crippen LogP contribution in [-0.2, 0) is 9.59 Å². The fourth-order valence-electron chi connectivity index (χ4n) is 1.24. The van der Waals surface area contributed by atoms with Crippen LogP contribution in [0.1, 0.15) is 5.56 Å². The number of hydrogen-bond donors (Lipinski definition) is 2. The van der Waals surface area contributed by atoms with E-state index in [-0.39, 0.29) is 15.6 Å². The Labute approximate surface area is 116 Å². The van der Waals surface area contributed by atoms with E-state index in [2.05, 4.69) is 0 Å². The predicted octanol–water partition coefficient (Wildman–Crippen LogP) is 1.26. The molecule has 2 amide bonds. The molecule has 4 N–H and O–H groups in total. The Morgan fingerprint density at radius 2 is 1.74 bits per heavy atom. The summed E-state index contributed by atoms with van der Waals surface area (Å²) in [4.78, 5) is 32.0. The molecule has 19 heavy (non-hydrogen) atoms. The van der Waals surface area contributed by atoms with Gasteiger partial charge in [0.15, 0.2) is 0 Å². The standard InChI is InChI=1S/C10H7Cl2N3O4/c11-6-1-2-7(15(18)19)8(12)4(6)3-5(9(13)16)10(14)17/h1-3H,(H2,13,16)(H2,14,17). The summed E-state index contributed by atoms with van der Waals surface area (Å²) in [5.41, 5.74) is 8.84. The third kappa shape index (κ3) is 3.21. The smallest absolute Gasteiger partial charge is 0.288 e. The molecule has 0 saturated carbocycles. The lowest BCUT2D eigenvalue weighted by atomic mass is 10.1. The third-order valence-electron chi connectivity index (χ3n) is 2.12. The Kier molecular flexibility index (Phi) is 4.47. The van der Waals surface area contributed by atoms with Crippen molar-refractivity contribution in [2.24, 2.45) is 11.5 Å². The monoisotopic (exact) mass is 303 g/mol. The van der Waals surface area contributed by atoms with Gasteiger partial charge < -0.3 is 11.5 Å². The Bertz CT molecular complexity index is 597. The second-order valence-corrected chi connectivity index (χ2v) is 4.12. The van der Waals surface area contributed by atoms with E-state index in [9.17, 15) is 19.7 Å². The molecule has 7 nitrogen and oxygen atoms in total. The first kappa shape index (κ1) is 14.9. The van der Waals surface area contributed by atoms with Crippen LogP contribution >= 0.6 is 23.2 Å². The summed E-state index contributed by atoms with van der Waals surface area (Å²) in [6, 6.07) is 2.30. The van der Waals surface area contributed by atoms with E-state index < -0.39 is 28.0 Å². The van der Waals surface area contributed by atoms with Crippen molar-refractivity contribution in [3.8, 4) is 0 Å². The van der Waals surface area contributed by atoms with E-state index in [0.717, 1.165) is 12.1 Å². The molecule has 100 valence electrons. The highest BCUT2D eigenvalue weighted by atomic mass is 35.5. The van der Waals surface area contributed by atoms with Crippen LogP contribution in [0.3, 0.4) is 0 Å². The lowest BCUT2D eigenvalue weighted by molar-refractivity contribution is -0.384. The molecule has 0 aliphatic rings. The molecule has 0 aliphatic carbocycles. The average Bonchev–Trinajstić information content (AvgIpc) is 2.27. The quantitative estimate of drug-likeness (QED) is 0.285. The molecule has 0 saturated heterocycles. The van der Waals surface area contributed by atoms with Gasteiger partial charge in [-0.25, -0.2) is 0 Å². The molecule has 0 aliphatic heterocycles. The first-order chi connectivity index (χ1) is 8.75. The van der Waals surface area contributed by atoms with E-state index in [0.29, 0.717) is 0 Å². The van der Waals surface area contributed by atoms with Crippen LogP contribution < -0.4 is 11.5 Å². The van der Waals surface area contributed by atoms with Gasteiger partial charge in [-0.3, -0.25) is 19.7 Å². The van der Waals surface area contributed by atoms with Gasteiger partial charge in [0.2, 0.25) is 0 Å². The normalized spacial score (nSPS) is 9.79. The van der Waals surface area contributed by atoms with Crippen molar-refractivity contribution in [3.05, 3.63) is 43.4 Å². The highest BCUT2D eigenvalue weighted by Crippen LogP contribution is 2.34. The summed E-state index contributed by atoms with van der Waals surface area (Å²) >= 11 is 11.6. The topological polar surface area (TPSA) is 129 Å². The number of hydrogen-bond acceptors (Lipinski definition) is 4. The summed E-state index contributed by atoms with van der Waals surface area (Å²) < 4.78 is 0. The second kappa shape index (κ2) is 5.68. The predicted molar refractivity (Wildman–Crippen MR) is 69.5 cm³/mol. The van der Waals surface area contributed by atoms with E-state index in [4.69, 9.17) is 34.7 Å². The number of nitro groups is 1. The van der Waals surface area contributed by atoms with Crippen LogP contribution in [0.25, 0.3) is 6.08 Å². The number of nitro benzene ring substituents is 1. The molecule has 1 rings (SSSR count). The highest BCUT2D eigenvalue weighted by Gasteiger charge is 2.20. The Hall–Kier alpha value is -2.12. The first-order valence-corrected chi connectivity index (χ1v) is 5.45. The first-order valence-electron chi connectivity index (χ1n) is 4.69. The van der Waals surface area contributed by atoms with Crippen LogP contribution in [0, 0.1) is 10.1 Å². The largest absolute Gasteiger partial charge is 0.365 e. The zero-order valence-electron chi connectivity index (χ0n) is 9.22. The Morgan fingerprint density at radius 1 is 1.21 bits per heavy atom. The Morgan fingerprint density at radius 3 is 2.16 bits per heavy atom. The number of carbonyl (C=O) groups excluding carboxylic acids is 2. The number of nitrogens with two attached hydrogens (primary N) is 2. The van der Waals surface area contributed by atoms with Gasteiger partial charge >= 0.3 is 0 Å². The summed E-state index contributed by atoms with van der Waals surface area (Å²) in [7, 11) is 0. The van der Waals surface area contributed by atoms with E-state index in [1.165, 1.54) is 6.07 Å². The van der Waals surface area contributed by atoms with E-state index in [1.54, 1.807) is 0 Å². The fourth-order valence-corrected chi connectivity index (χ4v) is 1.79. The number of rotatable bonds is 4. The molecule has 0 unspecified atom stereocenters. The molecule has 9 heteroatoms. The lowest BCUT2D eigenvalue weighted by Gasteiger charge is -2.04. The third-order valence-corrected chi connectivity index (χ3v) is 2.85. The molecule has 0 atom stereocenters. The van der Waals surface area contributed by atoms with Gasteiger partial charge in [0, 0.05) is 16.7 Å². The van der Waals surface area contributed by atoms with Gasteiger partial charge in [-0.2, -0.15) is 0 Å². The number of primary amides is 2. The van der Waals surface area contributed by atoms with Crippen LogP contribution in [0.2, 0.25) is 10.0 Å². The molecule has 0 fully saturated rings. The number of amides is 2. The molecule has 0 aromatic heterocycles. The van der Waals surface area contributed by atoms with Gasteiger partial charge in [0.05, 0.1) is 4.92 Å². The molecule has 0 bridgehead atoms. The van der Waals surface area contributed by atoms with Crippen LogP contribution in [0.5, 0.6) is 0 Å². The maximum atomic E-state index is 11.0. The van der Waals surface area contributed by atoms with Crippen LogP contribution in [0.4, 0.5) is 5.69 Å². The van der Waals surface area contributed by atoms with E-state index >= 15 is 0 Å². The summed E-state index contributed by atoms with van der Waals surface area (Å²) in [6.07, 6.45) is 0.919. The van der Waals surface area contributed by atoms with Crippen molar-refractivity contribution in [1.29, 1.82) is 0 Å². The van der Waals surface area contributed by atoms with Crippen molar-refractivity contribution < 1.29 is 14.5 Å². The average molecular weight is 304 g/mol. The SMILES string of the molecule is NC(=O)C(=Cc1c(Cl)ccc([N+](=O)[O-])c1Cl)C(N)=O. The lowest BCUT2D eigenvalue weighted by Crippen LogP contribution is -2.25. The number of nitrogens with zero attached hydrogens (tertiary/aromatic N) is 1. The van der Waals surface area contributed by atoms with Gasteiger partial charge in [-0.15, -0.1) is 0 Å². The molecule has 0 radical (unpaired) electrons. The van der Waals surface area contributed by atoms with Gasteiger partial charge in [-0.05, 0) is 12.1 Å². The van der Waals surface area contributed by atoms with Crippen LogP contribution in [0.15, 0.2) is 17.7 Å². The van der Waals surface area contributed by atoms with Gasteiger partial charge in [0.1, 0.15) is 10.6 Å². The minimum absolute atomic E-state index is 0.00981. The molecule has 1 aromatic rings. The van der Waals surface area contributed by atoms with Crippen LogP contribution in [-0.4, -0.2) is 16.7 Å². The number of benzene rings is 1. The van der Waals surface area contributed by atoms with Crippen molar-refractivity contribution in [1.82, 2.24) is 0 Å². The maximum absolute atomic E-state index is 11.0. The molecule has 1 aromatic carbocycles. The van der Waals surface area contributed by atoms with Crippen molar-refractivity contribution >= 4 is 46.8 Å². The maximum Gasteiger partial charge on any atom is 0.288 e. The van der Waals surface area contributed by atoms with E-state index in [1.807, 2.05) is 0 Å². The summed E-state index contributed by atoms with van der Waals surface area (Å²) in [6.45, 7) is 0. The Balaban J connectivity index is 3.54. The highest BCUT2D eigenvalue weighted by molar-refractivity contribution is 6.39. The zero-order chi connectivity index (χ0) is 14.7. The van der Waals surface area contributed by atoms with Crippen molar-refractivity contribution in [2.45, 2.75) is 0 Å². The number of carbonyl (C=O) groups is 2. The summed E-state index contributed by atoms with van der Waals surface area (Å²) in [5, 5.41) is 10.4. The van der Waals surface area contributed by atoms with Crippen molar-refractivity contribution in [2.75, 3.05) is 0 Å². The molecular formula is C10H7Cl2N3O4. The number of halogens is 2. The molecular weight excluding hydrogens is 297 g/mol. The van der Waals surface area contributed by atoms with Gasteiger partial charge in [0.25, 0.3) is 17.5 Å². The minimum atomic E-state index is -1.09.